The van der Waals surface area contributed by atoms with Gasteiger partial charge in [0.05, 0.1) is 0 Å². The molecule has 0 radical (unpaired) electrons. The zero-order valence-corrected chi connectivity index (χ0v) is 14.8. The van der Waals surface area contributed by atoms with E-state index < -0.39 is 11.8 Å². The molecular weight excluding hydrogens is 340 g/mol. The van der Waals surface area contributed by atoms with Crippen molar-refractivity contribution in [3.05, 3.63) is 95.1 Å². The van der Waals surface area contributed by atoms with E-state index in [0.29, 0.717) is 11.1 Å². The van der Waals surface area contributed by atoms with Crippen LogP contribution in [-0.4, -0.2) is 17.0 Å². The van der Waals surface area contributed by atoms with Crippen molar-refractivity contribution in [1.29, 1.82) is 0 Å². The molecule has 4 N–H and O–H groups in total. The standard InChI is InChI=1S/C22H20N2O3/c1-14(16-8-5-9-18(12-16)22(26)24-27)20-13-17(21(23)25)10-11-19(20)15-6-3-2-4-7-15/h2-14,27H,1H3,(H2,23,25)(H,24,26)/t14-/m1/s1. The summed E-state index contributed by atoms with van der Waals surface area (Å²) in [7, 11) is 0. The highest BCUT2D eigenvalue weighted by molar-refractivity contribution is 5.94. The lowest BCUT2D eigenvalue weighted by Crippen LogP contribution is -2.18. The molecule has 2 amide bonds. The molecule has 1 atom stereocenters. The maximum Gasteiger partial charge on any atom is 0.274 e. The maximum atomic E-state index is 11.7. The average molecular weight is 360 g/mol. The van der Waals surface area contributed by atoms with Gasteiger partial charge in [0.2, 0.25) is 5.91 Å². The first-order valence-corrected chi connectivity index (χ1v) is 8.55. The molecule has 0 aliphatic rings. The number of carbonyl (C=O) groups excluding carboxylic acids is 2. The molecule has 0 aliphatic carbocycles. The van der Waals surface area contributed by atoms with Crippen molar-refractivity contribution in [3.63, 3.8) is 0 Å². The van der Waals surface area contributed by atoms with Gasteiger partial charge in [0.25, 0.3) is 5.91 Å². The van der Waals surface area contributed by atoms with Crippen LogP contribution in [0, 0.1) is 0 Å². The number of hydrogen-bond acceptors (Lipinski definition) is 3. The minimum absolute atomic E-state index is 0.106. The highest BCUT2D eigenvalue weighted by Crippen LogP contribution is 2.34. The highest BCUT2D eigenvalue weighted by Gasteiger charge is 2.17. The summed E-state index contributed by atoms with van der Waals surface area (Å²) >= 11 is 0. The van der Waals surface area contributed by atoms with Crippen LogP contribution in [0.3, 0.4) is 0 Å². The van der Waals surface area contributed by atoms with Crippen LogP contribution in [0.25, 0.3) is 11.1 Å². The Balaban J connectivity index is 2.12. The molecule has 0 bridgehead atoms. The Morgan fingerprint density at radius 1 is 0.926 bits per heavy atom. The van der Waals surface area contributed by atoms with Crippen molar-refractivity contribution in [2.45, 2.75) is 12.8 Å². The van der Waals surface area contributed by atoms with E-state index in [1.54, 1.807) is 35.8 Å². The van der Waals surface area contributed by atoms with Gasteiger partial charge in [-0.25, -0.2) is 5.48 Å². The van der Waals surface area contributed by atoms with E-state index >= 15 is 0 Å². The van der Waals surface area contributed by atoms with Crippen molar-refractivity contribution in [1.82, 2.24) is 5.48 Å². The molecule has 3 aromatic carbocycles. The van der Waals surface area contributed by atoms with Gasteiger partial charge in [0.1, 0.15) is 0 Å². The van der Waals surface area contributed by atoms with E-state index in [4.69, 9.17) is 10.9 Å². The fourth-order valence-electron chi connectivity index (χ4n) is 3.15. The van der Waals surface area contributed by atoms with Gasteiger partial charge in [-0.05, 0) is 46.5 Å². The van der Waals surface area contributed by atoms with Gasteiger partial charge in [0.15, 0.2) is 0 Å². The summed E-state index contributed by atoms with van der Waals surface area (Å²) in [4.78, 5) is 23.4. The van der Waals surface area contributed by atoms with Crippen LogP contribution >= 0.6 is 0 Å². The van der Waals surface area contributed by atoms with Crippen LogP contribution in [0.5, 0.6) is 0 Å². The van der Waals surface area contributed by atoms with Gasteiger partial charge in [-0.2, -0.15) is 0 Å². The zero-order chi connectivity index (χ0) is 19.4. The number of hydroxylamine groups is 1. The van der Waals surface area contributed by atoms with Crippen molar-refractivity contribution in [2.24, 2.45) is 5.73 Å². The molecule has 136 valence electrons. The lowest BCUT2D eigenvalue weighted by atomic mass is 9.85. The molecule has 3 rings (SSSR count). The first-order chi connectivity index (χ1) is 13.0. The third-order valence-electron chi connectivity index (χ3n) is 4.64. The third kappa shape index (κ3) is 3.88. The Labute approximate surface area is 157 Å². The number of nitrogens with one attached hydrogen (secondary N) is 1. The van der Waals surface area contributed by atoms with Gasteiger partial charge in [-0.1, -0.05) is 55.5 Å². The van der Waals surface area contributed by atoms with E-state index in [1.807, 2.05) is 49.4 Å². The van der Waals surface area contributed by atoms with Crippen LogP contribution in [0.15, 0.2) is 72.8 Å². The summed E-state index contributed by atoms with van der Waals surface area (Å²) in [5.41, 5.74) is 11.7. The van der Waals surface area contributed by atoms with Gasteiger partial charge >= 0.3 is 0 Å². The first kappa shape index (κ1) is 18.4. The maximum absolute atomic E-state index is 11.7. The van der Waals surface area contributed by atoms with Crippen LogP contribution in [-0.2, 0) is 0 Å². The van der Waals surface area contributed by atoms with Gasteiger partial charge < -0.3 is 5.73 Å². The Hall–Kier alpha value is -3.44. The molecule has 0 spiro atoms. The number of primary amides is 1. The smallest absolute Gasteiger partial charge is 0.274 e. The molecule has 0 unspecified atom stereocenters. The van der Waals surface area contributed by atoms with Crippen LogP contribution in [0.4, 0.5) is 0 Å². The van der Waals surface area contributed by atoms with Crippen LogP contribution in [0.1, 0.15) is 44.7 Å². The summed E-state index contributed by atoms with van der Waals surface area (Å²) in [5, 5.41) is 8.87. The van der Waals surface area contributed by atoms with Crippen LogP contribution in [0.2, 0.25) is 0 Å². The second kappa shape index (κ2) is 7.85. The molecule has 0 aliphatic heterocycles. The minimum atomic E-state index is -0.571. The number of hydrogen-bond donors (Lipinski definition) is 3. The fraction of sp³-hybridized carbons (Fsp3) is 0.0909. The number of carbonyl (C=O) groups is 2. The molecule has 3 aromatic rings. The van der Waals surface area contributed by atoms with Gasteiger partial charge in [-0.3, -0.25) is 14.8 Å². The Kier molecular flexibility index (Phi) is 5.33. The summed E-state index contributed by atoms with van der Waals surface area (Å²) in [5.74, 6) is -1.17. The number of benzene rings is 3. The van der Waals surface area contributed by atoms with Crippen molar-refractivity contribution in [2.75, 3.05) is 0 Å². The van der Waals surface area contributed by atoms with Gasteiger partial charge in [0, 0.05) is 17.0 Å². The SMILES string of the molecule is C[C@H](c1cccc(C(=O)NO)c1)c1cc(C(N)=O)ccc1-c1ccccc1. The molecule has 0 fully saturated rings. The second-order valence-electron chi connectivity index (χ2n) is 6.32. The Bertz CT molecular complexity index is 984. The normalized spacial score (nSPS) is 11.6. The summed E-state index contributed by atoms with van der Waals surface area (Å²) in [6, 6.07) is 22.3. The molecular formula is C22H20N2O3. The lowest BCUT2D eigenvalue weighted by molar-refractivity contribution is 0.0706. The first-order valence-electron chi connectivity index (χ1n) is 8.55. The van der Waals surface area contributed by atoms with E-state index in [9.17, 15) is 9.59 Å². The van der Waals surface area contributed by atoms with E-state index in [-0.39, 0.29) is 5.92 Å². The molecule has 0 heterocycles. The molecule has 0 aromatic heterocycles. The molecule has 5 nitrogen and oxygen atoms in total. The summed E-state index contributed by atoms with van der Waals surface area (Å²) in [6.07, 6.45) is 0. The molecule has 5 heteroatoms. The Morgan fingerprint density at radius 3 is 2.33 bits per heavy atom. The average Bonchev–Trinajstić information content (AvgIpc) is 2.72. The quantitative estimate of drug-likeness (QED) is 0.478. The molecule has 0 saturated heterocycles. The van der Waals surface area contributed by atoms with Crippen LogP contribution < -0.4 is 11.2 Å². The predicted octanol–water partition coefficient (Wildman–Crippen LogP) is 3.72. The summed E-state index contributed by atoms with van der Waals surface area (Å²) < 4.78 is 0. The highest BCUT2D eigenvalue weighted by atomic mass is 16.5. The zero-order valence-electron chi connectivity index (χ0n) is 14.8. The van der Waals surface area contributed by atoms with E-state index in [2.05, 4.69) is 0 Å². The number of amides is 2. The second-order valence-corrected chi connectivity index (χ2v) is 6.32. The van der Waals surface area contributed by atoms with Crippen molar-refractivity contribution >= 4 is 11.8 Å². The summed E-state index contributed by atoms with van der Waals surface area (Å²) in [6.45, 7) is 2.00. The largest absolute Gasteiger partial charge is 0.366 e. The topological polar surface area (TPSA) is 92.4 Å². The Morgan fingerprint density at radius 2 is 1.67 bits per heavy atom. The van der Waals surface area contributed by atoms with E-state index in [1.165, 1.54) is 0 Å². The number of nitrogens with two attached hydrogens (primary N) is 1. The molecule has 27 heavy (non-hydrogen) atoms. The fourth-order valence-corrected chi connectivity index (χ4v) is 3.15. The van der Waals surface area contributed by atoms with Crippen molar-refractivity contribution < 1.29 is 14.8 Å². The molecule has 0 saturated carbocycles. The lowest BCUT2D eigenvalue weighted by Gasteiger charge is -2.19. The van der Waals surface area contributed by atoms with Gasteiger partial charge in [-0.15, -0.1) is 0 Å². The predicted molar refractivity (Wildman–Crippen MR) is 104 cm³/mol. The van der Waals surface area contributed by atoms with E-state index in [0.717, 1.165) is 22.3 Å². The monoisotopic (exact) mass is 360 g/mol. The number of rotatable bonds is 5. The third-order valence-corrected chi connectivity index (χ3v) is 4.64. The van der Waals surface area contributed by atoms with Crippen molar-refractivity contribution in [3.8, 4) is 11.1 Å². The minimum Gasteiger partial charge on any atom is -0.366 e.